The van der Waals surface area contributed by atoms with Crippen molar-refractivity contribution in [2.45, 2.75) is 12.8 Å². The third-order valence-corrected chi connectivity index (χ3v) is 2.10. The lowest BCUT2D eigenvalue weighted by Crippen LogP contribution is -2.01. The molecule has 0 bridgehead atoms. The SMILES string of the molecule is CC(C(=O)Cl)c1ccc(N)cc1. The Kier molecular flexibility index (Phi) is 2.71. The highest BCUT2D eigenvalue weighted by molar-refractivity contribution is 6.64. The topological polar surface area (TPSA) is 43.1 Å². The van der Waals surface area contributed by atoms with Crippen LogP contribution in [0.1, 0.15) is 18.4 Å². The molecule has 1 atom stereocenters. The van der Waals surface area contributed by atoms with Gasteiger partial charge in [-0.25, -0.2) is 0 Å². The van der Waals surface area contributed by atoms with Gasteiger partial charge in [0.25, 0.3) is 0 Å². The Morgan fingerprint density at radius 3 is 2.33 bits per heavy atom. The van der Waals surface area contributed by atoms with Crippen molar-refractivity contribution in [2.75, 3.05) is 5.73 Å². The summed E-state index contributed by atoms with van der Waals surface area (Å²) >= 11 is 5.33. The van der Waals surface area contributed by atoms with Crippen LogP contribution in [0.2, 0.25) is 0 Å². The minimum atomic E-state index is -0.347. The Morgan fingerprint density at radius 1 is 1.42 bits per heavy atom. The molecule has 0 saturated carbocycles. The molecule has 0 amide bonds. The molecule has 0 aliphatic rings. The molecule has 0 radical (unpaired) electrons. The number of halogens is 1. The zero-order chi connectivity index (χ0) is 9.14. The van der Waals surface area contributed by atoms with Gasteiger partial charge in [0.2, 0.25) is 5.24 Å². The van der Waals surface area contributed by atoms with E-state index in [1.807, 2.05) is 0 Å². The van der Waals surface area contributed by atoms with Crippen LogP contribution in [-0.4, -0.2) is 5.24 Å². The molecule has 64 valence electrons. The van der Waals surface area contributed by atoms with Crippen LogP contribution in [0.25, 0.3) is 0 Å². The molecular formula is C9H10ClNO. The predicted molar refractivity (Wildman–Crippen MR) is 50.1 cm³/mol. The van der Waals surface area contributed by atoms with E-state index in [1.54, 1.807) is 31.2 Å². The summed E-state index contributed by atoms with van der Waals surface area (Å²) in [6.07, 6.45) is 0. The number of carbonyl (C=O) groups excluding carboxylic acids is 1. The summed E-state index contributed by atoms with van der Waals surface area (Å²) in [4.78, 5) is 10.8. The van der Waals surface area contributed by atoms with Crippen molar-refractivity contribution >= 4 is 22.5 Å². The first-order chi connectivity index (χ1) is 5.61. The fourth-order valence-corrected chi connectivity index (χ4v) is 1.04. The lowest BCUT2D eigenvalue weighted by atomic mass is 10.0. The second-order valence-electron chi connectivity index (χ2n) is 2.69. The van der Waals surface area contributed by atoms with Gasteiger partial charge in [0, 0.05) is 5.69 Å². The third-order valence-electron chi connectivity index (χ3n) is 1.78. The average Bonchev–Trinajstić information content (AvgIpc) is 2.04. The second kappa shape index (κ2) is 3.59. The van der Waals surface area contributed by atoms with Gasteiger partial charge in [0.05, 0.1) is 5.92 Å². The molecule has 1 rings (SSSR count). The van der Waals surface area contributed by atoms with E-state index in [9.17, 15) is 4.79 Å². The maximum atomic E-state index is 10.8. The van der Waals surface area contributed by atoms with E-state index in [0.717, 1.165) is 5.56 Å². The minimum absolute atomic E-state index is 0.257. The molecule has 0 aromatic heterocycles. The molecule has 0 aliphatic carbocycles. The number of hydrogen-bond acceptors (Lipinski definition) is 2. The Bertz CT molecular complexity index is 281. The van der Waals surface area contributed by atoms with Crippen LogP contribution in [-0.2, 0) is 4.79 Å². The zero-order valence-electron chi connectivity index (χ0n) is 6.75. The second-order valence-corrected chi connectivity index (χ2v) is 3.06. The highest BCUT2D eigenvalue weighted by Crippen LogP contribution is 2.18. The van der Waals surface area contributed by atoms with Gasteiger partial charge < -0.3 is 5.73 Å². The fourth-order valence-electron chi connectivity index (χ4n) is 0.916. The van der Waals surface area contributed by atoms with Crippen LogP contribution in [0.4, 0.5) is 5.69 Å². The smallest absolute Gasteiger partial charge is 0.228 e. The van der Waals surface area contributed by atoms with Crippen molar-refractivity contribution in [2.24, 2.45) is 0 Å². The molecule has 2 N–H and O–H groups in total. The van der Waals surface area contributed by atoms with Gasteiger partial charge in [-0.2, -0.15) is 0 Å². The van der Waals surface area contributed by atoms with E-state index in [2.05, 4.69) is 0 Å². The first kappa shape index (κ1) is 9.07. The van der Waals surface area contributed by atoms with Gasteiger partial charge in [-0.05, 0) is 29.3 Å². The van der Waals surface area contributed by atoms with Crippen LogP contribution in [0.3, 0.4) is 0 Å². The number of anilines is 1. The Balaban J connectivity index is 2.89. The maximum absolute atomic E-state index is 10.8. The van der Waals surface area contributed by atoms with Crippen molar-refractivity contribution in [1.29, 1.82) is 0 Å². The number of hydrogen-bond donors (Lipinski definition) is 1. The lowest BCUT2D eigenvalue weighted by Gasteiger charge is -2.05. The first-order valence-corrected chi connectivity index (χ1v) is 4.04. The van der Waals surface area contributed by atoms with Crippen molar-refractivity contribution in [3.8, 4) is 0 Å². The third kappa shape index (κ3) is 1.98. The van der Waals surface area contributed by atoms with E-state index < -0.39 is 0 Å². The predicted octanol–water partition coefficient (Wildman–Crippen LogP) is 2.14. The first-order valence-electron chi connectivity index (χ1n) is 3.66. The van der Waals surface area contributed by atoms with Crippen molar-refractivity contribution in [1.82, 2.24) is 0 Å². The summed E-state index contributed by atoms with van der Waals surface area (Å²) in [5.41, 5.74) is 7.07. The van der Waals surface area contributed by atoms with Crippen LogP contribution >= 0.6 is 11.6 Å². The summed E-state index contributed by atoms with van der Waals surface area (Å²) in [6, 6.07) is 7.12. The molecule has 0 heterocycles. The molecule has 0 aliphatic heterocycles. The zero-order valence-corrected chi connectivity index (χ0v) is 7.51. The quantitative estimate of drug-likeness (QED) is 0.564. The van der Waals surface area contributed by atoms with E-state index >= 15 is 0 Å². The molecule has 0 spiro atoms. The van der Waals surface area contributed by atoms with Gasteiger partial charge >= 0.3 is 0 Å². The summed E-state index contributed by atoms with van der Waals surface area (Å²) in [5, 5.41) is -0.347. The standard InChI is InChI=1S/C9H10ClNO/c1-6(9(10)12)7-2-4-8(11)5-3-7/h2-6H,11H2,1H3. The normalized spacial score (nSPS) is 12.5. The molecule has 1 aromatic carbocycles. The lowest BCUT2D eigenvalue weighted by molar-refractivity contribution is -0.112. The Hall–Kier alpha value is -1.02. The van der Waals surface area contributed by atoms with Crippen LogP contribution in [0.15, 0.2) is 24.3 Å². The molecule has 12 heavy (non-hydrogen) atoms. The monoisotopic (exact) mass is 183 g/mol. The summed E-state index contributed by atoms with van der Waals surface area (Å²) in [7, 11) is 0. The van der Waals surface area contributed by atoms with Gasteiger partial charge in [-0.15, -0.1) is 0 Å². The maximum Gasteiger partial charge on any atom is 0.228 e. The van der Waals surface area contributed by atoms with E-state index in [0.29, 0.717) is 5.69 Å². The van der Waals surface area contributed by atoms with Crippen molar-refractivity contribution in [3.63, 3.8) is 0 Å². The van der Waals surface area contributed by atoms with Crippen LogP contribution in [0, 0.1) is 0 Å². The van der Waals surface area contributed by atoms with Gasteiger partial charge in [0.1, 0.15) is 0 Å². The molecule has 0 saturated heterocycles. The number of carbonyl (C=O) groups is 1. The van der Waals surface area contributed by atoms with Crippen molar-refractivity contribution in [3.05, 3.63) is 29.8 Å². The van der Waals surface area contributed by atoms with Gasteiger partial charge in [-0.1, -0.05) is 19.1 Å². The Morgan fingerprint density at radius 2 is 1.92 bits per heavy atom. The van der Waals surface area contributed by atoms with E-state index in [-0.39, 0.29) is 11.2 Å². The van der Waals surface area contributed by atoms with Crippen LogP contribution < -0.4 is 5.73 Å². The van der Waals surface area contributed by atoms with E-state index in [4.69, 9.17) is 17.3 Å². The molecule has 0 fully saturated rings. The van der Waals surface area contributed by atoms with Gasteiger partial charge in [0.15, 0.2) is 0 Å². The Labute approximate surface area is 76.3 Å². The largest absolute Gasteiger partial charge is 0.399 e. The average molecular weight is 184 g/mol. The molecule has 1 unspecified atom stereocenters. The summed E-state index contributed by atoms with van der Waals surface area (Å²) in [6.45, 7) is 1.76. The number of nitrogens with two attached hydrogens (primary N) is 1. The highest BCUT2D eigenvalue weighted by Gasteiger charge is 2.11. The minimum Gasteiger partial charge on any atom is -0.399 e. The van der Waals surface area contributed by atoms with Gasteiger partial charge in [-0.3, -0.25) is 4.79 Å². The van der Waals surface area contributed by atoms with Crippen LogP contribution in [0.5, 0.6) is 0 Å². The number of rotatable bonds is 2. The van der Waals surface area contributed by atoms with E-state index in [1.165, 1.54) is 0 Å². The van der Waals surface area contributed by atoms with Crippen molar-refractivity contribution < 1.29 is 4.79 Å². The fraction of sp³-hybridized carbons (Fsp3) is 0.222. The molecule has 2 nitrogen and oxygen atoms in total. The highest BCUT2D eigenvalue weighted by atomic mass is 35.5. The number of benzene rings is 1. The number of nitrogen functional groups attached to an aromatic ring is 1. The summed E-state index contributed by atoms with van der Waals surface area (Å²) < 4.78 is 0. The molecule has 1 aromatic rings. The summed E-state index contributed by atoms with van der Waals surface area (Å²) in [5.74, 6) is -0.257. The molecular weight excluding hydrogens is 174 g/mol. The molecule has 3 heteroatoms.